The van der Waals surface area contributed by atoms with Gasteiger partial charge in [0.2, 0.25) is 0 Å². The van der Waals surface area contributed by atoms with E-state index in [1.807, 2.05) is 54.8 Å². The first-order valence-electron chi connectivity index (χ1n) is 10.3. The number of carbonyl (C=O) groups is 1. The monoisotopic (exact) mass is 576 g/mol. The highest BCUT2D eigenvalue weighted by Crippen LogP contribution is 2.23. The van der Waals surface area contributed by atoms with Gasteiger partial charge in [0.15, 0.2) is 11.0 Å². The molecular formula is C26H29IN2O3S. The number of benzene rings is 3. The van der Waals surface area contributed by atoms with E-state index >= 15 is 0 Å². The average Bonchev–Trinajstić information content (AvgIpc) is 2.83. The number of amidine groups is 1. The number of ketones is 1. The van der Waals surface area contributed by atoms with Gasteiger partial charge in [0.05, 0.1) is 19.9 Å². The molecule has 0 amide bonds. The minimum absolute atomic E-state index is 0. The number of ether oxygens (including phenoxy) is 2. The number of hydrogen-bond acceptors (Lipinski definition) is 5. The molecule has 0 N–H and O–H groups in total. The van der Waals surface area contributed by atoms with Crippen molar-refractivity contribution in [2.75, 3.05) is 20.5 Å². The average molecular weight is 577 g/mol. The number of nitrogens with zero attached hydrogens (tertiary/aromatic N) is 2. The molecule has 0 aromatic heterocycles. The first-order chi connectivity index (χ1) is 15.5. The van der Waals surface area contributed by atoms with Gasteiger partial charge in [-0.3, -0.25) is 4.79 Å². The SMILES string of the molecule is COc1ccc(CN(Cc2ccc(OC)cc2)C(=Nc2cccc(C(C)=O)c2)SC)cc1.I. The summed E-state index contributed by atoms with van der Waals surface area (Å²) in [4.78, 5) is 18.9. The minimum atomic E-state index is 0. The number of thioether (sulfide) groups is 1. The van der Waals surface area contributed by atoms with Crippen molar-refractivity contribution in [2.45, 2.75) is 20.0 Å². The van der Waals surface area contributed by atoms with Gasteiger partial charge in [0.25, 0.3) is 0 Å². The first-order valence-corrected chi connectivity index (χ1v) is 11.5. The third-order valence-electron chi connectivity index (χ3n) is 5.00. The fraction of sp³-hybridized carbons (Fsp3) is 0.231. The van der Waals surface area contributed by atoms with Gasteiger partial charge in [-0.1, -0.05) is 48.2 Å². The van der Waals surface area contributed by atoms with Crippen LogP contribution in [0.25, 0.3) is 0 Å². The van der Waals surface area contributed by atoms with E-state index in [9.17, 15) is 4.79 Å². The van der Waals surface area contributed by atoms with E-state index in [0.29, 0.717) is 18.7 Å². The van der Waals surface area contributed by atoms with Crippen LogP contribution in [0.15, 0.2) is 77.8 Å². The molecule has 3 aromatic carbocycles. The molecule has 0 unspecified atom stereocenters. The zero-order chi connectivity index (χ0) is 22.9. The van der Waals surface area contributed by atoms with Gasteiger partial charge < -0.3 is 14.4 Å². The molecule has 5 nitrogen and oxygen atoms in total. The predicted molar refractivity (Wildman–Crippen MR) is 148 cm³/mol. The van der Waals surface area contributed by atoms with Crippen LogP contribution in [0.3, 0.4) is 0 Å². The second-order valence-electron chi connectivity index (χ2n) is 7.26. The summed E-state index contributed by atoms with van der Waals surface area (Å²) in [5.74, 6) is 1.69. The smallest absolute Gasteiger partial charge is 0.164 e. The van der Waals surface area contributed by atoms with Gasteiger partial charge in [-0.25, -0.2) is 4.99 Å². The highest BCUT2D eigenvalue weighted by molar-refractivity contribution is 14.0. The Morgan fingerprint density at radius 3 is 1.82 bits per heavy atom. The van der Waals surface area contributed by atoms with Crippen LogP contribution in [-0.2, 0) is 13.1 Å². The van der Waals surface area contributed by atoms with Crippen LogP contribution in [0.1, 0.15) is 28.4 Å². The molecule has 33 heavy (non-hydrogen) atoms. The Morgan fingerprint density at radius 2 is 1.39 bits per heavy atom. The number of carbonyl (C=O) groups excluding carboxylic acids is 1. The first kappa shape index (κ1) is 26.7. The number of rotatable bonds is 8. The van der Waals surface area contributed by atoms with Crippen molar-refractivity contribution >= 4 is 52.4 Å². The Bertz CT molecular complexity index is 1020. The van der Waals surface area contributed by atoms with E-state index < -0.39 is 0 Å². The van der Waals surface area contributed by atoms with Gasteiger partial charge in [-0.05, 0) is 60.7 Å². The van der Waals surface area contributed by atoms with Crippen molar-refractivity contribution in [2.24, 2.45) is 4.99 Å². The molecule has 0 aliphatic carbocycles. The molecule has 0 bridgehead atoms. The molecule has 0 saturated heterocycles. The molecule has 3 aromatic rings. The van der Waals surface area contributed by atoms with Crippen LogP contribution in [0.4, 0.5) is 5.69 Å². The molecule has 0 aliphatic rings. The van der Waals surface area contributed by atoms with Crippen molar-refractivity contribution in [3.8, 4) is 11.5 Å². The third kappa shape index (κ3) is 7.78. The van der Waals surface area contributed by atoms with Crippen LogP contribution in [0.2, 0.25) is 0 Å². The lowest BCUT2D eigenvalue weighted by molar-refractivity contribution is 0.101. The fourth-order valence-electron chi connectivity index (χ4n) is 3.24. The van der Waals surface area contributed by atoms with Crippen molar-refractivity contribution in [1.82, 2.24) is 4.90 Å². The summed E-state index contributed by atoms with van der Waals surface area (Å²) in [5.41, 5.74) is 3.72. The number of aliphatic imine (C=N–C) groups is 1. The molecule has 0 saturated carbocycles. The lowest BCUT2D eigenvalue weighted by Crippen LogP contribution is -2.27. The van der Waals surface area contributed by atoms with E-state index in [1.54, 1.807) is 32.9 Å². The summed E-state index contributed by atoms with van der Waals surface area (Å²) >= 11 is 1.58. The zero-order valence-corrected chi connectivity index (χ0v) is 22.4. The standard InChI is InChI=1S/C26H28N2O3S.HI/c1-19(29)22-6-5-7-23(16-22)27-26(32-4)28(17-20-8-12-24(30-2)13-9-20)18-21-10-14-25(31-3)15-11-21;/h5-16H,17-18H2,1-4H3;1H. The molecule has 3 rings (SSSR count). The highest BCUT2D eigenvalue weighted by atomic mass is 127. The van der Waals surface area contributed by atoms with E-state index in [1.165, 1.54) is 0 Å². The van der Waals surface area contributed by atoms with E-state index in [-0.39, 0.29) is 29.8 Å². The van der Waals surface area contributed by atoms with Gasteiger partial charge in [0.1, 0.15) is 11.5 Å². The molecular weight excluding hydrogens is 547 g/mol. The molecule has 0 atom stereocenters. The van der Waals surface area contributed by atoms with Crippen molar-refractivity contribution < 1.29 is 14.3 Å². The van der Waals surface area contributed by atoms with E-state index in [0.717, 1.165) is 33.5 Å². The van der Waals surface area contributed by atoms with Crippen molar-refractivity contribution in [1.29, 1.82) is 0 Å². The Hall–Kier alpha value is -2.52. The van der Waals surface area contributed by atoms with E-state index in [2.05, 4.69) is 29.2 Å². The summed E-state index contributed by atoms with van der Waals surface area (Å²) in [7, 11) is 3.33. The number of methoxy groups -OCH3 is 2. The van der Waals surface area contributed by atoms with E-state index in [4.69, 9.17) is 14.5 Å². The third-order valence-corrected chi connectivity index (χ3v) is 5.71. The summed E-state index contributed by atoms with van der Waals surface area (Å²) in [5, 5.41) is 0.873. The maximum atomic E-state index is 11.8. The molecule has 7 heteroatoms. The number of hydrogen-bond donors (Lipinski definition) is 0. The lowest BCUT2D eigenvalue weighted by Gasteiger charge is -2.26. The van der Waals surface area contributed by atoms with Crippen LogP contribution in [0, 0.1) is 0 Å². The molecule has 0 spiro atoms. The van der Waals surface area contributed by atoms with Crippen LogP contribution in [-0.4, -0.2) is 36.3 Å². The molecule has 174 valence electrons. The zero-order valence-electron chi connectivity index (χ0n) is 19.3. The Kier molecular flexibility index (Phi) is 10.7. The molecule has 0 fully saturated rings. The maximum absolute atomic E-state index is 11.8. The highest BCUT2D eigenvalue weighted by Gasteiger charge is 2.14. The lowest BCUT2D eigenvalue weighted by atomic mass is 10.1. The van der Waals surface area contributed by atoms with Crippen LogP contribution < -0.4 is 9.47 Å². The maximum Gasteiger partial charge on any atom is 0.164 e. The van der Waals surface area contributed by atoms with Crippen LogP contribution in [0.5, 0.6) is 11.5 Å². The molecule has 0 aliphatic heterocycles. The minimum Gasteiger partial charge on any atom is -0.497 e. The number of halogens is 1. The fourth-order valence-corrected chi connectivity index (χ4v) is 3.83. The normalized spacial score (nSPS) is 10.8. The van der Waals surface area contributed by atoms with Gasteiger partial charge in [-0.2, -0.15) is 0 Å². The topological polar surface area (TPSA) is 51.1 Å². The largest absolute Gasteiger partial charge is 0.497 e. The Labute approximate surface area is 217 Å². The molecule has 0 heterocycles. The quantitative estimate of drug-likeness (QED) is 0.131. The predicted octanol–water partition coefficient (Wildman–Crippen LogP) is 6.58. The number of Topliss-reactive ketones (excluding diaryl/α,β-unsaturated/α-hetero) is 1. The summed E-state index contributed by atoms with van der Waals surface area (Å²) in [6.45, 7) is 2.93. The second-order valence-corrected chi connectivity index (χ2v) is 8.03. The van der Waals surface area contributed by atoms with Crippen LogP contribution >= 0.6 is 35.7 Å². The van der Waals surface area contributed by atoms with Gasteiger partial charge in [0, 0.05) is 18.7 Å². The summed E-state index contributed by atoms with van der Waals surface area (Å²) < 4.78 is 10.6. The Morgan fingerprint density at radius 1 is 0.879 bits per heavy atom. The van der Waals surface area contributed by atoms with Gasteiger partial charge >= 0.3 is 0 Å². The van der Waals surface area contributed by atoms with Crippen molar-refractivity contribution in [3.63, 3.8) is 0 Å². The second kappa shape index (κ2) is 13.3. The summed E-state index contributed by atoms with van der Waals surface area (Å²) in [6, 6.07) is 23.5. The van der Waals surface area contributed by atoms with Gasteiger partial charge in [-0.15, -0.1) is 24.0 Å². The van der Waals surface area contributed by atoms with Crippen molar-refractivity contribution in [3.05, 3.63) is 89.5 Å². The molecule has 0 radical (unpaired) electrons. The summed E-state index contributed by atoms with van der Waals surface area (Å²) in [6.07, 6.45) is 2.02. The Balaban J connectivity index is 0.00000385.